The second-order valence-electron chi connectivity index (χ2n) is 4.62. The number of hydrogen-bond donors (Lipinski definition) is 1. The highest BCUT2D eigenvalue weighted by molar-refractivity contribution is 9.10. The van der Waals surface area contributed by atoms with Crippen LogP contribution in [-0.4, -0.2) is 26.1 Å². The van der Waals surface area contributed by atoms with Crippen molar-refractivity contribution in [1.29, 1.82) is 0 Å². The highest BCUT2D eigenvalue weighted by Gasteiger charge is 2.62. The van der Waals surface area contributed by atoms with Crippen LogP contribution in [0.5, 0.6) is 0 Å². The van der Waals surface area contributed by atoms with E-state index in [1.807, 2.05) is 0 Å². The molecule has 4 nitrogen and oxygen atoms in total. The molecule has 0 amide bonds. The molecule has 0 radical (unpaired) electrons. The van der Waals surface area contributed by atoms with Gasteiger partial charge in [0.05, 0.1) is 18.1 Å². The van der Waals surface area contributed by atoms with Crippen molar-refractivity contribution < 1.29 is 13.2 Å². The molecule has 0 atom stereocenters. The minimum absolute atomic E-state index is 0.122. The van der Waals surface area contributed by atoms with E-state index in [2.05, 4.69) is 31.2 Å². The predicted octanol–water partition coefficient (Wildman–Crippen LogP) is 2.68. The lowest BCUT2D eigenvalue weighted by Gasteiger charge is -2.20. The molecular weight excluding hydrogens is 325 g/mol. The van der Waals surface area contributed by atoms with Crippen LogP contribution in [0.4, 0.5) is 13.2 Å². The molecule has 0 saturated heterocycles. The summed E-state index contributed by atoms with van der Waals surface area (Å²) in [5.74, 6) is 0. The molecule has 2 aromatic rings. The van der Waals surface area contributed by atoms with Crippen LogP contribution in [0.2, 0.25) is 0 Å². The van der Waals surface area contributed by atoms with Crippen molar-refractivity contribution in [2.24, 2.45) is 0 Å². The molecule has 8 heteroatoms. The fourth-order valence-corrected chi connectivity index (χ4v) is 2.30. The van der Waals surface area contributed by atoms with Gasteiger partial charge in [-0.3, -0.25) is 9.72 Å². The summed E-state index contributed by atoms with van der Waals surface area (Å²) in [6, 6.07) is 0. The van der Waals surface area contributed by atoms with Gasteiger partial charge >= 0.3 is 6.18 Å². The van der Waals surface area contributed by atoms with Gasteiger partial charge in [0, 0.05) is 12.7 Å². The number of alkyl halides is 3. The van der Waals surface area contributed by atoms with Gasteiger partial charge in [-0.2, -0.15) is 13.2 Å². The lowest BCUT2D eigenvalue weighted by Crippen LogP contribution is -2.44. The van der Waals surface area contributed by atoms with E-state index in [9.17, 15) is 13.2 Å². The molecule has 1 fully saturated rings. The summed E-state index contributed by atoms with van der Waals surface area (Å²) < 4.78 is 40.7. The predicted molar refractivity (Wildman–Crippen MR) is 65.5 cm³/mol. The fourth-order valence-electron chi connectivity index (χ4n) is 1.99. The van der Waals surface area contributed by atoms with Gasteiger partial charge < -0.3 is 0 Å². The highest BCUT2D eigenvalue weighted by Crippen LogP contribution is 2.49. The fraction of sp³-hybridized carbons (Fsp3) is 0.455. The first-order valence-electron chi connectivity index (χ1n) is 5.71. The maximum atomic E-state index is 12.8. The Labute approximate surface area is 115 Å². The third kappa shape index (κ3) is 2.23. The largest absolute Gasteiger partial charge is 0.406 e. The van der Waals surface area contributed by atoms with Crippen molar-refractivity contribution in [1.82, 2.24) is 19.7 Å². The first-order valence-corrected chi connectivity index (χ1v) is 6.50. The van der Waals surface area contributed by atoms with Crippen molar-refractivity contribution in [2.75, 3.05) is 0 Å². The van der Waals surface area contributed by atoms with Crippen molar-refractivity contribution in [3.05, 3.63) is 28.9 Å². The number of rotatable bonds is 3. The summed E-state index contributed by atoms with van der Waals surface area (Å²) in [6.45, 7) is 0.122. The van der Waals surface area contributed by atoms with Crippen LogP contribution in [0.15, 0.2) is 23.2 Å². The van der Waals surface area contributed by atoms with Gasteiger partial charge in [0.15, 0.2) is 5.65 Å². The molecule has 0 aromatic carbocycles. The van der Waals surface area contributed by atoms with Crippen LogP contribution < -0.4 is 5.32 Å². The monoisotopic (exact) mass is 334 g/mol. The standard InChI is InChI=1S/C11H10BrF3N4/c12-8-6-19-7(3-17-9(19)5-16-8)4-18-10(1-2-10)11(13,14)15/h3,5-6,18H,1-2,4H2. The van der Waals surface area contributed by atoms with Crippen molar-refractivity contribution in [2.45, 2.75) is 31.1 Å². The zero-order chi connectivity index (χ0) is 13.7. The highest BCUT2D eigenvalue weighted by atomic mass is 79.9. The zero-order valence-electron chi connectivity index (χ0n) is 9.71. The second-order valence-corrected chi connectivity index (χ2v) is 5.43. The Balaban J connectivity index is 1.81. The van der Waals surface area contributed by atoms with Crippen LogP contribution >= 0.6 is 15.9 Å². The van der Waals surface area contributed by atoms with Gasteiger partial charge in [-0.1, -0.05) is 0 Å². The number of halogens is 4. The molecule has 1 aliphatic rings. The first-order chi connectivity index (χ1) is 8.91. The minimum Gasteiger partial charge on any atom is -0.299 e. The molecule has 0 spiro atoms. The van der Waals surface area contributed by atoms with E-state index in [1.165, 1.54) is 0 Å². The van der Waals surface area contributed by atoms with Crippen LogP contribution in [0, 0.1) is 0 Å². The van der Waals surface area contributed by atoms with Gasteiger partial charge in [0.25, 0.3) is 0 Å². The summed E-state index contributed by atoms with van der Waals surface area (Å²) in [5.41, 5.74) is -0.424. The molecule has 1 aliphatic carbocycles. The van der Waals surface area contributed by atoms with Crippen molar-refractivity contribution in [3.63, 3.8) is 0 Å². The van der Waals surface area contributed by atoms with Gasteiger partial charge in [-0.05, 0) is 28.8 Å². The summed E-state index contributed by atoms with van der Waals surface area (Å²) in [4.78, 5) is 8.12. The van der Waals surface area contributed by atoms with E-state index in [-0.39, 0.29) is 19.4 Å². The number of imidazole rings is 1. The minimum atomic E-state index is -4.20. The Kier molecular flexibility index (Phi) is 2.82. The molecule has 0 unspecified atom stereocenters. The Morgan fingerprint density at radius 2 is 2.05 bits per heavy atom. The topological polar surface area (TPSA) is 42.2 Å². The second kappa shape index (κ2) is 4.17. The summed E-state index contributed by atoms with van der Waals surface area (Å²) in [7, 11) is 0. The van der Waals surface area contributed by atoms with E-state index in [0.717, 1.165) is 0 Å². The average molecular weight is 335 g/mol. The van der Waals surface area contributed by atoms with Gasteiger partial charge in [-0.15, -0.1) is 0 Å². The first kappa shape index (κ1) is 12.9. The summed E-state index contributed by atoms with van der Waals surface area (Å²) in [6.07, 6.45) is 0.881. The van der Waals surface area contributed by atoms with E-state index in [1.54, 1.807) is 23.0 Å². The third-order valence-corrected chi connectivity index (χ3v) is 3.75. The SMILES string of the molecule is FC(F)(F)C1(NCc2cnc3cnc(Br)cn23)CC1. The lowest BCUT2D eigenvalue weighted by atomic mass is 10.2. The number of aromatic nitrogens is 3. The van der Waals surface area contributed by atoms with Crippen molar-refractivity contribution >= 4 is 21.6 Å². The summed E-state index contributed by atoms with van der Waals surface area (Å²) >= 11 is 3.23. The van der Waals surface area contributed by atoms with E-state index >= 15 is 0 Å². The van der Waals surface area contributed by atoms with Crippen LogP contribution in [0.25, 0.3) is 5.65 Å². The van der Waals surface area contributed by atoms with E-state index < -0.39 is 11.7 Å². The molecule has 2 aromatic heterocycles. The van der Waals surface area contributed by atoms with Crippen LogP contribution in [0.3, 0.4) is 0 Å². The lowest BCUT2D eigenvalue weighted by molar-refractivity contribution is -0.166. The van der Waals surface area contributed by atoms with Crippen LogP contribution in [-0.2, 0) is 6.54 Å². The number of nitrogens with zero attached hydrogens (tertiary/aromatic N) is 3. The number of fused-ring (bicyclic) bond motifs is 1. The maximum Gasteiger partial charge on any atom is 0.406 e. The normalized spacial score (nSPS) is 17.9. The Morgan fingerprint density at radius 1 is 1.32 bits per heavy atom. The van der Waals surface area contributed by atoms with Crippen molar-refractivity contribution in [3.8, 4) is 0 Å². The van der Waals surface area contributed by atoms with Crippen LogP contribution in [0.1, 0.15) is 18.5 Å². The molecule has 19 heavy (non-hydrogen) atoms. The Hall–Kier alpha value is -1.15. The quantitative estimate of drug-likeness (QED) is 0.938. The molecule has 0 aliphatic heterocycles. The Morgan fingerprint density at radius 3 is 2.68 bits per heavy atom. The number of hydrogen-bond acceptors (Lipinski definition) is 3. The van der Waals surface area contributed by atoms with E-state index in [4.69, 9.17) is 0 Å². The number of nitrogens with one attached hydrogen (secondary N) is 1. The van der Waals surface area contributed by atoms with Gasteiger partial charge in [-0.25, -0.2) is 9.97 Å². The molecule has 1 saturated carbocycles. The van der Waals surface area contributed by atoms with E-state index in [0.29, 0.717) is 15.9 Å². The Bertz CT molecular complexity index is 618. The molecule has 0 bridgehead atoms. The summed E-state index contributed by atoms with van der Waals surface area (Å²) in [5, 5.41) is 2.60. The third-order valence-electron chi connectivity index (χ3n) is 3.34. The molecule has 1 N–H and O–H groups in total. The van der Waals surface area contributed by atoms with Gasteiger partial charge in [0.2, 0.25) is 0 Å². The zero-order valence-corrected chi connectivity index (χ0v) is 11.3. The molecular formula is C11H10BrF3N4. The molecule has 102 valence electrons. The smallest absolute Gasteiger partial charge is 0.299 e. The molecule has 2 heterocycles. The molecule has 3 rings (SSSR count). The average Bonchev–Trinajstić information content (AvgIpc) is 3.03. The van der Waals surface area contributed by atoms with Gasteiger partial charge in [0.1, 0.15) is 10.1 Å². The maximum absolute atomic E-state index is 12.8.